The fourth-order valence-corrected chi connectivity index (χ4v) is 1.72. The molecular weight excluding hydrogens is 240 g/mol. The summed E-state index contributed by atoms with van der Waals surface area (Å²) in [5.74, 6) is -1.06. The number of hydroxylamine groups is 2. The van der Waals surface area contributed by atoms with Gasteiger partial charge in [0.15, 0.2) is 11.4 Å². The molecule has 18 heavy (non-hydrogen) atoms. The number of aliphatic carboxylic acids is 1. The number of carboxylic acids is 1. The van der Waals surface area contributed by atoms with E-state index in [1.807, 2.05) is 0 Å². The zero-order valence-corrected chi connectivity index (χ0v) is 10.3. The van der Waals surface area contributed by atoms with E-state index in [1.54, 1.807) is 13.8 Å². The highest BCUT2D eigenvalue weighted by Crippen LogP contribution is 2.25. The SMILES string of the molecule is CC1(C)N=CC=C(C(=O)O)N1OCC1COCO1. The predicted molar refractivity (Wildman–Crippen MR) is 61.8 cm³/mol. The minimum Gasteiger partial charge on any atom is -0.477 e. The molecular formula is C11H16N2O5. The molecule has 100 valence electrons. The largest absolute Gasteiger partial charge is 0.477 e. The van der Waals surface area contributed by atoms with Gasteiger partial charge in [0, 0.05) is 6.21 Å². The first kappa shape index (κ1) is 13.0. The lowest BCUT2D eigenvalue weighted by atomic mass is 10.2. The lowest BCUT2D eigenvalue weighted by Crippen LogP contribution is -2.46. The van der Waals surface area contributed by atoms with Crippen molar-refractivity contribution < 1.29 is 24.2 Å². The van der Waals surface area contributed by atoms with Gasteiger partial charge in [-0.25, -0.2) is 9.86 Å². The zero-order valence-electron chi connectivity index (χ0n) is 10.3. The first-order valence-corrected chi connectivity index (χ1v) is 5.62. The Hall–Kier alpha value is -1.44. The van der Waals surface area contributed by atoms with Crippen molar-refractivity contribution in [3.8, 4) is 0 Å². The highest BCUT2D eigenvalue weighted by Gasteiger charge is 2.35. The number of nitrogens with zero attached hydrogens (tertiary/aromatic N) is 2. The van der Waals surface area contributed by atoms with Crippen molar-refractivity contribution in [1.29, 1.82) is 0 Å². The number of aliphatic imine (C=N–C) groups is 1. The van der Waals surface area contributed by atoms with Crippen molar-refractivity contribution in [2.24, 2.45) is 4.99 Å². The second kappa shape index (κ2) is 5.05. The summed E-state index contributed by atoms with van der Waals surface area (Å²) in [4.78, 5) is 20.8. The third-order valence-corrected chi connectivity index (χ3v) is 2.64. The molecule has 1 unspecified atom stereocenters. The molecule has 0 aromatic heterocycles. The number of rotatable bonds is 4. The summed E-state index contributed by atoms with van der Waals surface area (Å²) in [5.41, 5.74) is -0.712. The average molecular weight is 256 g/mol. The Kier molecular flexibility index (Phi) is 3.65. The molecule has 0 aliphatic carbocycles. The van der Waals surface area contributed by atoms with Gasteiger partial charge < -0.3 is 14.6 Å². The topological polar surface area (TPSA) is 80.6 Å². The Morgan fingerprint density at radius 3 is 3.11 bits per heavy atom. The smallest absolute Gasteiger partial charge is 0.354 e. The number of hydrogen-bond donors (Lipinski definition) is 1. The Labute approximate surface area is 105 Å². The summed E-state index contributed by atoms with van der Waals surface area (Å²) < 4.78 is 10.3. The van der Waals surface area contributed by atoms with E-state index >= 15 is 0 Å². The first-order valence-electron chi connectivity index (χ1n) is 5.62. The van der Waals surface area contributed by atoms with Crippen molar-refractivity contribution in [3.05, 3.63) is 11.8 Å². The van der Waals surface area contributed by atoms with E-state index < -0.39 is 11.6 Å². The number of allylic oxidation sites excluding steroid dienone is 1. The van der Waals surface area contributed by atoms with Gasteiger partial charge in [-0.1, -0.05) is 0 Å². The van der Waals surface area contributed by atoms with Gasteiger partial charge in [-0.3, -0.25) is 9.83 Å². The van der Waals surface area contributed by atoms with Gasteiger partial charge >= 0.3 is 5.97 Å². The fraction of sp³-hybridized carbons (Fsp3) is 0.636. The minimum atomic E-state index is -1.06. The Bertz CT molecular complexity index is 385. The molecule has 0 spiro atoms. The van der Waals surface area contributed by atoms with Crippen LogP contribution in [0.4, 0.5) is 0 Å². The molecule has 1 fully saturated rings. The molecule has 0 amide bonds. The molecule has 1 atom stereocenters. The predicted octanol–water partition coefficient (Wildman–Crippen LogP) is 0.382. The van der Waals surface area contributed by atoms with Crippen molar-refractivity contribution in [3.63, 3.8) is 0 Å². The van der Waals surface area contributed by atoms with Gasteiger partial charge in [0.2, 0.25) is 0 Å². The van der Waals surface area contributed by atoms with Crippen LogP contribution in [0.15, 0.2) is 16.8 Å². The maximum atomic E-state index is 11.1. The molecule has 7 heteroatoms. The van der Waals surface area contributed by atoms with E-state index in [2.05, 4.69) is 4.99 Å². The fourth-order valence-electron chi connectivity index (χ4n) is 1.72. The highest BCUT2D eigenvalue weighted by molar-refractivity contribution is 5.92. The summed E-state index contributed by atoms with van der Waals surface area (Å²) in [6, 6.07) is 0. The van der Waals surface area contributed by atoms with E-state index in [0.717, 1.165) is 0 Å². The molecule has 1 N–H and O–H groups in total. The van der Waals surface area contributed by atoms with Crippen LogP contribution < -0.4 is 0 Å². The lowest BCUT2D eigenvalue weighted by Gasteiger charge is -2.37. The number of ether oxygens (including phenoxy) is 2. The maximum absolute atomic E-state index is 11.1. The van der Waals surface area contributed by atoms with Gasteiger partial charge in [0.1, 0.15) is 19.5 Å². The normalized spacial score (nSPS) is 26.2. The lowest BCUT2D eigenvalue weighted by molar-refractivity contribution is -0.207. The zero-order chi connectivity index (χ0) is 13.2. The van der Waals surface area contributed by atoms with Crippen molar-refractivity contribution in [2.45, 2.75) is 25.6 Å². The van der Waals surface area contributed by atoms with E-state index in [-0.39, 0.29) is 25.2 Å². The molecule has 0 bridgehead atoms. The Morgan fingerprint density at radius 2 is 2.50 bits per heavy atom. The summed E-state index contributed by atoms with van der Waals surface area (Å²) in [5, 5.41) is 10.4. The number of carboxylic acid groups (broad SMARTS) is 1. The number of carbonyl (C=O) groups is 1. The molecule has 2 aliphatic heterocycles. The van der Waals surface area contributed by atoms with Crippen LogP contribution in [-0.2, 0) is 19.1 Å². The third kappa shape index (κ3) is 2.69. The summed E-state index contributed by atoms with van der Waals surface area (Å²) in [6.45, 7) is 4.46. The molecule has 2 heterocycles. The van der Waals surface area contributed by atoms with Crippen LogP contribution in [0, 0.1) is 0 Å². The van der Waals surface area contributed by atoms with Crippen LogP contribution in [0.5, 0.6) is 0 Å². The standard InChI is InChI=1S/C11H16N2O5/c1-11(2)12-4-3-9(10(14)15)13(11)18-6-8-5-16-7-17-8/h3-4,8H,5-7H2,1-2H3,(H,14,15). The van der Waals surface area contributed by atoms with Gasteiger partial charge in [0.05, 0.1) is 6.61 Å². The van der Waals surface area contributed by atoms with Crippen LogP contribution in [0.1, 0.15) is 13.8 Å². The summed E-state index contributed by atoms with van der Waals surface area (Å²) in [6.07, 6.45) is 2.69. The summed E-state index contributed by atoms with van der Waals surface area (Å²) >= 11 is 0. The van der Waals surface area contributed by atoms with Crippen LogP contribution in [0.3, 0.4) is 0 Å². The average Bonchev–Trinajstić information content (AvgIpc) is 2.78. The molecule has 0 aromatic rings. The molecule has 7 nitrogen and oxygen atoms in total. The van der Waals surface area contributed by atoms with Crippen molar-refractivity contribution in [2.75, 3.05) is 20.0 Å². The van der Waals surface area contributed by atoms with Gasteiger partial charge in [-0.15, -0.1) is 0 Å². The van der Waals surface area contributed by atoms with Gasteiger partial charge in [0.25, 0.3) is 0 Å². The first-order chi connectivity index (χ1) is 8.50. The maximum Gasteiger partial charge on any atom is 0.354 e. The molecule has 0 radical (unpaired) electrons. The quantitative estimate of drug-likeness (QED) is 0.783. The monoisotopic (exact) mass is 256 g/mol. The van der Waals surface area contributed by atoms with Gasteiger partial charge in [-0.2, -0.15) is 0 Å². The molecule has 2 aliphatic rings. The van der Waals surface area contributed by atoms with E-state index in [9.17, 15) is 4.79 Å². The second-order valence-electron chi connectivity index (χ2n) is 4.50. The van der Waals surface area contributed by atoms with E-state index in [1.165, 1.54) is 17.4 Å². The second-order valence-corrected chi connectivity index (χ2v) is 4.50. The highest BCUT2D eigenvalue weighted by atomic mass is 16.7. The van der Waals surface area contributed by atoms with Crippen LogP contribution in [-0.4, -0.2) is 54.1 Å². The Balaban J connectivity index is 2.04. The Morgan fingerprint density at radius 1 is 1.72 bits per heavy atom. The minimum absolute atomic E-state index is 0.0499. The van der Waals surface area contributed by atoms with Crippen molar-refractivity contribution in [1.82, 2.24) is 5.06 Å². The van der Waals surface area contributed by atoms with E-state index in [0.29, 0.717) is 6.61 Å². The van der Waals surface area contributed by atoms with Crippen molar-refractivity contribution >= 4 is 12.2 Å². The van der Waals surface area contributed by atoms with Gasteiger partial charge in [-0.05, 0) is 19.9 Å². The van der Waals surface area contributed by atoms with E-state index in [4.69, 9.17) is 19.4 Å². The summed E-state index contributed by atoms with van der Waals surface area (Å²) in [7, 11) is 0. The van der Waals surface area contributed by atoms with Crippen LogP contribution >= 0.6 is 0 Å². The third-order valence-electron chi connectivity index (χ3n) is 2.64. The number of hydrogen-bond acceptors (Lipinski definition) is 6. The van der Waals surface area contributed by atoms with Crippen LogP contribution in [0.2, 0.25) is 0 Å². The molecule has 1 saturated heterocycles. The van der Waals surface area contributed by atoms with Crippen LogP contribution in [0.25, 0.3) is 0 Å². The molecule has 0 aromatic carbocycles. The molecule has 2 rings (SSSR count). The molecule has 0 saturated carbocycles.